The van der Waals surface area contributed by atoms with E-state index in [1.165, 1.54) is 11.3 Å². The molecule has 0 aromatic carbocycles. The Morgan fingerprint density at radius 2 is 2.43 bits per heavy atom. The van der Waals surface area contributed by atoms with Crippen LogP contribution in [-0.2, 0) is 6.42 Å². The van der Waals surface area contributed by atoms with Gasteiger partial charge in [-0.15, -0.1) is 11.3 Å². The van der Waals surface area contributed by atoms with E-state index in [1.807, 2.05) is 11.4 Å². The summed E-state index contributed by atoms with van der Waals surface area (Å²) in [4.78, 5) is 16.5. The van der Waals surface area contributed by atoms with E-state index in [1.54, 1.807) is 18.7 Å². The van der Waals surface area contributed by atoms with Gasteiger partial charge in [0.15, 0.2) is 0 Å². The number of furan rings is 1. The van der Waals surface area contributed by atoms with Gasteiger partial charge in [0.05, 0.1) is 24.2 Å². The standard InChI is InChI=1S/C15H15N5O2S/c21-15(18-10-2-1-3-12-9(10)4-6-22-12)19-11-8-17-20-13(11)14-16-5-7-23-14/h4-8,10H,1-3H2,(H,17,20)(H2,18,19,21)/t10-/m0/s1. The number of hydrogen-bond donors (Lipinski definition) is 3. The molecule has 7 nitrogen and oxygen atoms in total. The van der Waals surface area contributed by atoms with Crippen LogP contribution in [0, 0.1) is 0 Å². The van der Waals surface area contributed by atoms with Crippen LogP contribution in [0.15, 0.2) is 34.5 Å². The fourth-order valence-electron chi connectivity index (χ4n) is 2.84. The summed E-state index contributed by atoms with van der Waals surface area (Å²) < 4.78 is 5.45. The van der Waals surface area contributed by atoms with Crippen molar-refractivity contribution in [1.29, 1.82) is 0 Å². The van der Waals surface area contributed by atoms with Crippen LogP contribution >= 0.6 is 11.3 Å². The normalized spacial score (nSPS) is 16.8. The zero-order chi connectivity index (χ0) is 15.6. The van der Waals surface area contributed by atoms with Gasteiger partial charge in [-0.1, -0.05) is 0 Å². The van der Waals surface area contributed by atoms with Gasteiger partial charge in [-0.05, 0) is 18.9 Å². The molecule has 3 heterocycles. The van der Waals surface area contributed by atoms with Crippen molar-refractivity contribution in [3.05, 3.63) is 41.4 Å². The van der Waals surface area contributed by atoms with E-state index in [0.29, 0.717) is 11.4 Å². The Labute approximate surface area is 136 Å². The molecule has 3 aromatic heterocycles. The second-order valence-electron chi connectivity index (χ2n) is 5.34. The smallest absolute Gasteiger partial charge is 0.319 e. The molecule has 0 aliphatic heterocycles. The summed E-state index contributed by atoms with van der Waals surface area (Å²) in [5.74, 6) is 0.966. The largest absolute Gasteiger partial charge is 0.469 e. The minimum Gasteiger partial charge on any atom is -0.469 e. The van der Waals surface area contributed by atoms with Gasteiger partial charge in [-0.25, -0.2) is 9.78 Å². The molecule has 4 rings (SSSR count). The Bertz CT molecular complexity index is 808. The lowest BCUT2D eigenvalue weighted by Gasteiger charge is -2.22. The average molecular weight is 329 g/mol. The number of rotatable bonds is 3. The highest BCUT2D eigenvalue weighted by molar-refractivity contribution is 7.13. The summed E-state index contributed by atoms with van der Waals surface area (Å²) in [7, 11) is 0. The minimum atomic E-state index is -0.261. The highest BCUT2D eigenvalue weighted by Crippen LogP contribution is 2.31. The molecule has 0 saturated carbocycles. The van der Waals surface area contributed by atoms with E-state index >= 15 is 0 Å². The summed E-state index contributed by atoms with van der Waals surface area (Å²) in [5, 5.41) is 15.4. The van der Waals surface area contributed by atoms with Crippen molar-refractivity contribution in [2.75, 3.05) is 5.32 Å². The molecule has 0 radical (unpaired) electrons. The molecule has 2 amide bonds. The van der Waals surface area contributed by atoms with Gasteiger partial charge < -0.3 is 15.1 Å². The third kappa shape index (κ3) is 2.72. The Hall–Kier alpha value is -2.61. The number of hydrogen-bond acceptors (Lipinski definition) is 5. The number of aromatic nitrogens is 3. The van der Waals surface area contributed by atoms with Crippen molar-refractivity contribution in [2.45, 2.75) is 25.3 Å². The maximum absolute atomic E-state index is 12.3. The third-order valence-corrected chi connectivity index (χ3v) is 4.68. The van der Waals surface area contributed by atoms with Crippen molar-refractivity contribution in [2.24, 2.45) is 0 Å². The number of H-pyrrole nitrogens is 1. The summed E-state index contributed by atoms with van der Waals surface area (Å²) in [6.45, 7) is 0. The molecule has 3 aromatic rings. The molecule has 8 heteroatoms. The first-order valence-corrected chi connectivity index (χ1v) is 8.26. The Kier molecular flexibility index (Phi) is 3.58. The van der Waals surface area contributed by atoms with Gasteiger partial charge in [0, 0.05) is 23.6 Å². The van der Waals surface area contributed by atoms with Gasteiger partial charge in [-0.2, -0.15) is 5.10 Å². The molecular formula is C15H15N5O2S. The predicted molar refractivity (Wildman–Crippen MR) is 86.2 cm³/mol. The van der Waals surface area contributed by atoms with Gasteiger partial charge >= 0.3 is 6.03 Å². The molecule has 118 valence electrons. The fourth-order valence-corrected chi connectivity index (χ4v) is 3.49. The van der Waals surface area contributed by atoms with Crippen LogP contribution in [0.5, 0.6) is 0 Å². The van der Waals surface area contributed by atoms with E-state index in [9.17, 15) is 4.79 Å². The molecule has 1 aliphatic rings. The van der Waals surface area contributed by atoms with Crippen LogP contribution in [-0.4, -0.2) is 21.2 Å². The van der Waals surface area contributed by atoms with Crippen LogP contribution in [0.4, 0.5) is 10.5 Å². The molecule has 23 heavy (non-hydrogen) atoms. The molecule has 0 saturated heterocycles. The zero-order valence-electron chi connectivity index (χ0n) is 12.2. The SMILES string of the molecule is O=C(Nc1cn[nH]c1-c1nccs1)N[C@H]1CCCc2occc21. The molecular weight excluding hydrogens is 314 g/mol. The molecule has 1 aliphatic carbocycles. The second kappa shape index (κ2) is 5.88. The summed E-state index contributed by atoms with van der Waals surface area (Å²) in [5.41, 5.74) is 2.39. The van der Waals surface area contributed by atoms with Crippen molar-refractivity contribution in [3.8, 4) is 10.7 Å². The maximum Gasteiger partial charge on any atom is 0.319 e. The van der Waals surface area contributed by atoms with E-state index in [4.69, 9.17) is 4.42 Å². The number of amides is 2. The third-order valence-electron chi connectivity index (χ3n) is 3.89. The first kappa shape index (κ1) is 14.0. The summed E-state index contributed by atoms with van der Waals surface area (Å²) in [6, 6.07) is 1.65. The van der Waals surface area contributed by atoms with Crippen molar-refractivity contribution >= 4 is 23.1 Å². The van der Waals surface area contributed by atoms with Crippen LogP contribution in [0.25, 0.3) is 10.7 Å². The summed E-state index contributed by atoms with van der Waals surface area (Å²) in [6.07, 6.45) is 7.82. The molecule has 0 bridgehead atoms. The number of nitrogens with zero attached hydrogens (tertiary/aromatic N) is 2. The average Bonchev–Trinajstić information content (AvgIpc) is 3.28. The van der Waals surface area contributed by atoms with Crippen molar-refractivity contribution in [1.82, 2.24) is 20.5 Å². The molecule has 1 atom stereocenters. The maximum atomic E-state index is 12.3. The van der Waals surface area contributed by atoms with Crippen LogP contribution in [0.2, 0.25) is 0 Å². The molecule has 3 N–H and O–H groups in total. The lowest BCUT2D eigenvalue weighted by atomic mass is 9.93. The van der Waals surface area contributed by atoms with E-state index in [-0.39, 0.29) is 12.1 Å². The number of thiazole rings is 1. The van der Waals surface area contributed by atoms with Gasteiger partial charge in [0.2, 0.25) is 0 Å². The van der Waals surface area contributed by atoms with Crippen LogP contribution in [0.3, 0.4) is 0 Å². The van der Waals surface area contributed by atoms with Crippen molar-refractivity contribution in [3.63, 3.8) is 0 Å². The first-order valence-electron chi connectivity index (χ1n) is 7.38. The van der Waals surface area contributed by atoms with Crippen molar-refractivity contribution < 1.29 is 9.21 Å². The first-order chi connectivity index (χ1) is 11.3. The summed E-state index contributed by atoms with van der Waals surface area (Å²) >= 11 is 1.48. The quantitative estimate of drug-likeness (QED) is 0.687. The van der Waals surface area contributed by atoms with Gasteiger partial charge in [0.25, 0.3) is 0 Å². The zero-order valence-corrected chi connectivity index (χ0v) is 13.0. The van der Waals surface area contributed by atoms with Gasteiger partial charge in [-0.3, -0.25) is 5.10 Å². The van der Waals surface area contributed by atoms with Crippen LogP contribution < -0.4 is 10.6 Å². The number of aromatic amines is 1. The highest BCUT2D eigenvalue weighted by atomic mass is 32.1. The van der Waals surface area contributed by atoms with E-state index in [0.717, 1.165) is 35.6 Å². The lowest BCUT2D eigenvalue weighted by molar-refractivity contribution is 0.246. The molecule has 0 unspecified atom stereocenters. The van der Waals surface area contributed by atoms with E-state index < -0.39 is 0 Å². The monoisotopic (exact) mass is 329 g/mol. The van der Waals surface area contributed by atoms with Crippen LogP contribution in [0.1, 0.15) is 30.2 Å². The number of carbonyl (C=O) groups is 1. The lowest BCUT2D eigenvalue weighted by Crippen LogP contribution is -2.34. The number of urea groups is 1. The predicted octanol–water partition coefficient (Wildman–Crippen LogP) is 3.33. The number of carbonyl (C=O) groups excluding carboxylic acids is 1. The number of nitrogens with one attached hydrogen (secondary N) is 3. The molecule has 0 spiro atoms. The van der Waals surface area contributed by atoms with Gasteiger partial charge in [0.1, 0.15) is 16.5 Å². The number of fused-ring (bicyclic) bond motifs is 1. The number of anilines is 1. The second-order valence-corrected chi connectivity index (χ2v) is 6.23. The minimum absolute atomic E-state index is 0.0206. The highest BCUT2D eigenvalue weighted by Gasteiger charge is 2.24. The fraction of sp³-hybridized carbons (Fsp3) is 0.267. The number of aryl methyl sites for hydroxylation is 1. The Morgan fingerprint density at radius 3 is 3.30 bits per heavy atom. The topological polar surface area (TPSA) is 95.8 Å². The molecule has 0 fully saturated rings. The Balaban J connectivity index is 1.47. The Morgan fingerprint density at radius 1 is 1.48 bits per heavy atom. The van der Waals surface area contributed by atoms with E-state index in [2.05, 4.69) is 25.8 Å².